The predicted octanol–water partition coefficient (Wildman–Crippen LogP) is 2.41. The van der Waals surface area contributed by atoms with Gasteiger partial charge in [0.05, 0.1) is 12.0 Å². The van der Waals surface area contributed by atoms with Gasteiger partial charge in [0.2, 0.25) is 0 Å². The standard InChI is InChI=1S/C17H26N4OS/c1-11-12(2)23-16-14(11)15(19-13(20-16)5-8-18)21(3)9-17(10-22)6-4-7-17/h22H,4-10,18H2,1-3H3. The van der Waals surface area contributed by atoms with Crippen LogP contribution >= 0.6 is 11.3 Å². The molecule has 2 aromatic heterocycles. The van der Waals surface area contributed by atoms with Crippen molar-refractivity contribution in [2.45, 2.75) is 39.5 Å². The molecule has 1 saturated carbocycles. The highest BCUT2D eigenvalue weighted by Crippen LogP contribution is 2.42. The molecule has 2 heterocycles. The summed E-state index contributed by atoms with van der Waals surface area (Å²) in [5.41, 5.74) is 7.00. The molecule has 0 aromatic carbocycles. The summed E-state index contributed by atoms with van der Waals surface area (Å²) >= 11 is 1.73. The minimum Gasteiger partial charge on any atom is -0.396 e. The lowest BCUT2D eigenvalue weighted by atomic mass is 9.69. The van der Waals surface area contributed by atoms with E-state index in [-0.39, 0.29) is 12.0 Å². The van der Waals surface area contributed by atoms with Gasteiger partial charge in [0.25, 0.3) is 0 Å². The lowest BCUT2D eigenvalue weighted by Crippen LogP contribution is -2.44. The average molecular weight is 334 g/mol. The number of aryl methyl sites for hydroxylation is 2. The van der Waals surface area contributed by atoms with E-state index in [2.05, 4.69) is 25.8 Å². The molecule has 23 heavy (non-hydrogen) atoms. The smallest absolute Gasteiger partial charge is 0.141 e. The van der Waals surface area contributed by atoms with Gasteiger partial charge in [0.1, 0.15) is 16.5 Å². The third-order valence-electron chi connectivity index (χ3n) is 5.11. The van der Waals surface area contributed by atoms with E-state index < -0.39 is 0 Å². The Hall–Kier alpha value is -1.24. The lowest BCUT2D eigenvalue weighted by molar-refractivity contribution is 0.0523. The fourth-order valence-electron chi connectivity index (χ4n) is 3.41. The maximum atomic E-state index is 9.77. The van der Waals surface area contributed by atoms with Crippen LogP contribution in [-0.2, 0) is 6.42 Å². The predicted molar refractivity (Wildman–Crippen MR) is 96.3 cm³/mol. The second-order valence-electron chi connectivity index (χ2n) is 6.83. The summed E-state index contributed by atoms with van der Waals surface area (Å²) in [6.45, 7) is 5.92. The van der Waals surface area contributed by atoms with Gasteiger partial charge in [0.15, 0.2) is 0 Å². The average Bonchev–Trinajstić information content (AvgIpc) is 2.77. The molecule has 5 nitrogen and oxygen atoms in total. The summed E-state index contributed by atoms with van der Waals surface area (Å²) in [4.78, 5) is 14.0. The topological polar surface area (TPSA) is 75.3 Å². The molecule has 1 aliphatic carbocycles. The molecule has 6 heteroatoms. The van der Waals surface area contributed by atoms with Gasteiger partial charge in [-0.05, 0) is 38.8 Å². The van der Waals surface area contributed by atoms with E-state index in [1.165, 1.54) is 16.9 Å². The lowest BCUT2D eigenvalue weighted by Gasteiger charge is -2.43. The van der Waals surface area contributed by atoms with Gasteiger partial charge < -0.3 is 15.7 Å². The molecule has 0 bridgehead atoms. The van der Waals surface area contributed by atoms with Crippen LogP contribution in [-0.4, -0.2) is 41.8 Å². The fraction of sp³-hybridized carbons (Fsp3) is 0.647. The summed E-state index contributed by atoms with van der Waals surface area (Å²) in [6, 6.07) is 0. The molecule has 0 spiro atoms. The van der Waals surface area contributed by atoms with E-state index in [0.29, 0.717) is 13.0 Å². The Bertz CT molecular complexity index is 703. The van der Waals surface area contributed by atoms with Crippen LogP contribution in [0.3, 0.4) is 0 Å². The maximum absolute atomic E-state index is 9.77. The molecule has 0 unspecified atom stereocenters. The largest absolute Gasteiger partial charge is 0.396 e. The van der Waals surface area contributed by atoms with Crippen LogP contribution in [0.2, 0.25) is 0 Å². The van der Waals surface area contributed by atoms with E-state index in [9.17, 15) is 5.11 Å². The first-order chi connectivity index (χ1) is 11.0. The van der Waals surface area contributed by atoms with Gasteiger partial charge in [-0.1, -0.05) is 6.42 Å². The van der Waals surface area contributed by atoms with E-state index in [1.54, 1.807) is 11.3 Å². The fourth-order valence-corrected chi connectivity index (χ4v) is 4.45. The Morgan fingerprint density at radius 1 is 1.30 bits per heavy atom. The third-order valence-corrected chi connectivity index (χ3v) is 6.21. The van der Waals surface area contributed by atoms with Crippen molar-refractivity contribution in [1.82, 2.24) is 9.97 Å². The molecule has 1 fully saturated rings. The number of nitrogens with zero attached hydrogens (tertiary/aromatic N) is 3. The van der Waals surface area contributed by atoms with Crippen molar-refractivity contribution in [1.29, 1.82) is 0 Å². The Labute approximate surface area is 141 Å². The highest BCUT2D eigenvalue weighted by Gasteiger charge is 2.38. The second kappa shape index (κ2) is 6.34. The number of aromatic nitrogens is 2. The highest BCUT2D eigenvalue weighted by molar-refractivity contribution is 7.18. The van der Waals surface area contributed by atoms with Crippen molar-refractivity contribution in [2.24, 2.45) is 11.1 Å². The van der Waals surface area contributed by atoms with Crippen LogP contribution in [0.4, 0.5) is 5.82 Å². The van der Waals surface area contributed by atoms with Crippen LogP contribution in [0.1, 0.15) is 35.5 Å². The first-order valence-electron chi connectivity index (χ1n) is 8.28. The summed E-state index contributed by atoms with van der Waals surface area (Å²) in [5.74, 6) is 1.80. The third kappa shape index (κ3) is 2.95. The zero-order valence-electron chi connectivity index (χ0n) is 14.2. The van der Waals surface area contributed by atoms with Crippen LogP contribution in [0.15, 0.2) is 0 Å². The minimum absolute atomic E-state index is 0.0407. The molecular weight excluding hydrogens is 308 g/mol. The number of anilines is 1. The molecule has 0 aliphatic heterocycles. The number of aliphatic hydroxyl groups is 1. The van der Waals surface area contributed by atoms with Gasteiger partial charge in [0, 0.05) is 30.3 Å². The molecule has 3 N–H and O–H groups in total. The summed E-state index contributed by atoms with van der Waals surface area (Å²) in [7, 11) is 2.08. The Morgan fingerprint density at radius 2 is 2.04 bits per heavy atom. The Morgan fingerprint density at radius 3 is 2.61 bits per heavy atom. The SMILES string of the molecule is Cc1sc2nc(CCN)nc(N(C)CC3(CO)CCC3)c2c1C. The first kappa shape index (κ1) is 16.6. The molecule has 0 saturated heterocycles. The summed E-state index contributed by atoms with van der Waals surface area (Å²) < 4.78 is 0. The van der Waals surface area contributed by atoms with E-state index >= 15 is 0 Å². The van der Waals surface area contributed by atoms with Crippen molar-refractivity contribution in [2.75, 3.05) is 31.6 Å². The number of aliphatic hydroxyl groups excluding tert-OH is 1. The number of hydrogen-bond acceptors (Lipinski definition) is 6. The van der Waals surface area contributed by atoms with Gasteiger partial charge in [-0.15, -0.1) is 11.3 Å². The van der Waals surface area contributed by atoms with Crippen molar-refractivity contribution in [3.8, 4) is 0 Å². The van der Waals surface area contributed by atoms with E-state index in [1.807, 2.05) is 0 Å². The summed E-state index contributed by atoms with van der Waals surface area (Å²) in [6.07, 6.45) is 4.10. The molecule has 1 aliphatic rings. The van der Waals surface area contributed by atoms with E-state index in [0.717, 1.165) is 41.2 Å². The van der Waals surface area contributed by atoms with Crippen LogP contribution < -0.4 is 10.6 Å². The molecule has 0 atom stereocenters. The zero-order valence-corrected chi connectivity index (χ0v) is 15.0. The summed E-state index contributed by atoms with van der Waals surface area (Å²) in [5, 5.41) is 10.9. The number of fused-ring (bicyclic) bond motifs is 1. The van der Waals surface area contributed by atoms with E-state index in [4.69, 9.17) is 15.7 Å². The quantitative estimate of drug-likeness (QED) is 0.848. The number of nitrogens with two attached hydrogens (primary N) is 1. The van der Waals surface area contributed by atoms with Crippen LogP contribution in [0.25, 0.3) is 10.2 Å². The maximum Gasteiger partial charge on any atom is 0.141 e. The Balaban J connectivity index is 2.03. The monoisotopic (exact) mass is 334 g/mol. The van der Waals surface area contributed by atoms with Gasteiger partial charge in [-0.25, -0.2) is 9.97 Å². The Kier molecular flexibility index (Phi) is 4.58. The molecule has 0 amide bonds. The van der Waals surface area contributed by atoms with Crippen LogP contribution in [0.5, 0.6) is 0 Å². The first-order valence-corrected chi connectivity index (χ1v) is 9.10. The van der Waals surface area contributed by atoms with Crippen molar-refractivity contribution < 1.29 is 5.11 Å². The minimum atomic E-state index is 0.0407. The molecule has 0 radical (unpaired) electrons. The zero-order chi connectivity index (χ0) is 16.6. The highest BCUT2D eigenvalue weighted by atomic mass is 32.1. The van der Waals surface area contributed by atoms with Crippen LogP contribution in [0, 0.1) is 19.3 Å². The molecule has 126 valence electrons. The van der Waals surface area contributed by atoms with Crippen molar-refractivity contribution >= 4 is 27.4 Å². The normalized spacial score (nSPS) is 16.6. The molecular formula is C17H26N4OS. The van der Waals surface area contributed by atoms with Gasteiger partial charge in [-0.3, -0.25) is 0 Å². The number of hydrogen-bond donors (Lipinski definition) is 2. The number of thiophene rings is 1. The van der Waals surface area contributed by atoms with Crippen molar-refractivity contribution in [3.63, 3.8) is 0 Å². The number of rotatable bonds is 6. The van der Waals surface area contributed by atoms with Crippen molar-refractivity contribution in [3.05, 3.63) is 16.3 Å². The molecule has 2 aromatic rings. The van der Waals surface area contributed by atoms with Gasteiger partial charge >= 0.3 is 0 Å². The second-order valence-corrected chi connectivity index (χ2v) is 8.04. The van der Waals surface area contributed by atoms with Gasteiger partial charge in [-0.2, -0.15) is 0 Å². The molecule has 3 rings (SSSR count).